The molecule has 3 aromatic heterocycles. The van der Waals surface area contributed by atoms with Gasteiger partial charge in [0, 0.05) is 21.6 Å². The van der Waals surface area contributed by atoms with Crippen molar-refractivity contribution in [1.82, 2.24) is 10.2 Å². The minimum atomic E-state index is -0.755. The number of thiophene rings is 2. The molecule has 0 radical (unpaired) electrons. The fraction of sp³-hybridized carbons (Fsp3) is 0.152. The van der Waals surface area contributed by atoms with Gasteiger partial charge < -0.3 is 10.1 Å². The predicted molar refractivity (Wildman–Crippen MR) is 183 cm³/mol. The van der Waals surface area contributed by atoms with Gasteiger partial charge in [0.15, 0.2) is 11.5 Å². The minimum Gasteiger partial charge on any atom is -0.448 e. The van der Waals surface area contributed by atoms with Gasteiger partial charge in [0.1, 0.15) is 17.1 Å². The third kappa shape index (κ3) is 6.12. The van der Waals surface area contributed by atoms with E-state index < -0.39 is 23.5 Å². The molecule has 0 aliphatic carbocycles. The van der Waals surface area contributed by atoms with Crippen LogP contribution in [0.25, 0.3) is 9.40 Å². The summed E-state index contributed by atoms with van der Waals surface area (Å²) in [5.41, 5.74) is 1.67. The third-order valence-electron chi connectivity index (χ3n) is 7.32. The number of thioether (sulfide) groups is 2. The number of carbonyl (C=O) groups excluding carboxylic acids is 3. The average Bonchev–Trinajstić information content (AvgIpc) is 3.76. The van der Waals surface area contributed by atoms with Crippen molar-refractivity contribution in [2.45, 2.75) is 28.1 Å². The van der Waals surface area contributed by atoms with Crippen LogP contribution in [-0.2, 0) is 25.5 Å². The molecular weight excluding hydrogens is 665 g/mol. The van der Waals surface area contributed by atoms with Crippen LogP contribution in [0.5, 0.6) is 0 Å². The molecule has 226 valence electrons. The number of benzene rings is 2. The van der Waals surface area contributed by atoms with Crippen molar-refractivity contribution >= 4 is 84.7 Å². The summed E-state index contributed by atoms with van der Waals surface area (Å²) in [6.07, 6.45) is -0.521. The van der Waals surface area contributed by atoms with E-state index in [0.717, 1.165) is 24.9 Å². The standard InChI is InChI=1S/C33H24N2O5S5/c36-22-17-26(44-23-13-15-42-30(22)23)45-24-18-43-32-27(34-25(37)16-21-12-7-14-41-21)31(38)35(32)28(24)33(39)40-29(19-8-3-1-4-9-19)20-10-5-2-6-11-20/h1-15,17,27,29,32H,16,18H2,(H,34,37)/t27?,32-/m0/s1. The number of β-lactam (4-membered cyclic amide) rings is 1. The molecule has 1 saturated heterocycles. The van der Waals surface area contributed by atoms with Gasteiger partial charge in [0.2, 0.25) is 5.91 Å². The smallest absolute Gasteiger partial charge is 0.356 e. The van der Waals surface area contributed by atoms with E-state index >= 15 is 0 Å². The van der Waals surface area contributed by atoms with Gasteiger partial charge in [-0.3, -0.25) is 19.3 Å². The molecule has 2 aromatic carbocycles. The molecule has 0 saturated carbocycles. The number of carbonyl (C=O) groups is 3. The Morgan fingerprint density at radius 2 is 1.67 bits per heavy atom. The number of nitrogens with one attached hydrogen (secondary N) is 1. The molecule has 0 bridgehead atoms. The van der Waals surface area contributed by atoms with Crippen molar-refractivity contribution in [3.05, 3.63) is 133 Å². The monoisotopic (exact) mass is 688 g/mol. The SMILES string of the molecule is O=C(Cc1cccs1)NC1C(=O)N2C(C(=O)OC(c3ccccc3)c3ccccc3)=C(Sc3cc(=O)c4sccc4s3)CS[C@@H]12. The molecule has 1 N–H and O–H groups in total. The lowest BCUT2D eigenvalue weighted by atomic mass is 10.0. The Kier molecular flexibility index (Phi) is 8.65. The second-order valence-corrected chi connectivity index (χ2v) is 15.8. The summed E-state index contributed by atoms with van der Waals surface area (Å²) < 4.78 is 8.54. The maximum absolute atomic E-state index is 14.2. The summed E-state index contributed by atoms with van der Waals surface area (Å²) >= 11 is 7.15. The van der Waals surface area contributed by atoms with Gasteiger partial charge in [-0.05, 0) is 34.0 Å². The van der Waals surface area contributed by atoms with E-state index in [4.69, 9.17) is 4.74 Å². The molecule has 0 spiro atoms. The summed E-state index contributed by atoms with van der Waals surface area (Å²) in [6.45, 7) is 0. The van der Waals surface area contributed by atoms with Crippen molar-refractivity contribution in [2.75, 3.05) is 5.75 Å². The van der Waals surface area contributed by atoms with E-state index in [9.17, 15) is 19.2 Å². The van der Waals surface area contributed by atoms with Crippen molar-refractivity contribution in [3.63, 3.8) is 0 Å². The molecule has 1 unspecified atom stereocenters. The lowest BCUT2D eigenvalue weighted by molar-refractivity contribution is -0.154. The van der Waals surface area contributed by atoms with Crippen LogP contribution >= 0.6 is 57.5 Å². The van der Waals surface area contributed by atoms with E-state index in [0.29, 0.717) is 15.4 Å². The molecule has 12 heteroatoms. The van der Waals surface area contributed by atoms with Gasteiger partial charge in [0.05, 0.1) is 20.0 Å². The fourth-order valence-corrected chi connectivity index (χ4v) is 10.8. The second kappa shape index (κ2) is 13.0. The molecule has 2 aliphatic heterocycles. The van der Waals surface area contributed by atoms with Crippen molar-refractivity contribution in [1.29, 1.82) is 0 Å². The summed E-state index contributed by atoms with van der Waals surface area (Å²) in [6, 6.07) is 25.4. The predicted octanol–water partition coefficient (Wildman–Crippen LogP) is 6.66. The van der Waals surface area contributed by atoms with E-state index in [1.807, 2.05) is 89.6 Å². The average molecular weight is 689 g/mol. The third-order valence-corrected chi connectivity index (χ3v) is 13.0. The summed E-state index contributed by atoms with van der Waals surface area (Å²) in [5.74, 6) is -0.841. The van der Waals surface area contributed by atoms with E-state index in [1.54, 1.807) is 6.07 Å². The molecule has 45 heavy (non-hydrogen) atoms. The zero-order valence-electron chi connectivity index (χ0n) is 23.4. The normalized spacial score (nSPS) is 17.7. The summed E-state index contributed by atoms with van der Waals surface area (Å²) in [4.78, 5) is 56.5. The fourth-order valence-electron chi connectivity index (χ4n) is 5.24. The Hall–Kier alpha value is -3.68. The minimum absolute atomic E-state index is 0.0749. The molecule has 5 heterocycles. The maximum atomic E-state index is 14.2. The number of hydrogen-bond acceptors (Lipinski definition) is 10. The lowest BCUT2D eigenvalue weighted by Gasteiger charge is -2.49. The highest BCUT2D eigenvalue weighted by molar-refractivity contribution is 8.07. The summed E-state index contributed by atoms with van der Waals surface area (Å²) in [5, 5.41) is 6.22. The Balaban J connectivity index is 1.22. The van der Waals surface area contributed by atoms with Crippen molar-refractivity contribution in [2.24, 2.45) is 0 Å². The quantitative estimate of drug-likeness (QED) is 0.137. The van der Waals surface area contributed by atoms with Gasteiger partial charge in [0.25, 0.3) is 5.91 Å². The first-order valence-corrected chi connectivity index (χ1v) is 18.4. The first-order chi connectivity index (χ1) is 22.0. The van der Waals surface area contributed by atoms with E-state index in [-0.39, 0.29) is 29.4 Å². The topological polar surface area (TPSA) is 92.8 Å². The highest BCUT2D eigenvalue weighted by atomic mass is 32.2. The van der Waals surface area contributed by atoms with Crippen molar-refractivity contribution in [3.8, 4) is 0 Å². The number of amides is 2. The molecule has 7 nitrogen and oxygen atoms in total. The summed E-state index contributed by atoms with van der Waals surface area (Å²) in [7, 11) is 0. The first-order valence-electron chi connectivity index (χ1n) is 14.0. The van der Waals surface area contributed by atoms with Crippen LogP contribution in [0.1, 0.15) is 22.1 Å². The van der Waals surface area contributed by atoms with E-state index in [2.05, 4.69) is 5.32 Å². The van der Waals surface area contributed by atoms with Crippen LogP contribution in [0.3, 0.4) is 0 Å². The molecular formula is C33H24N2O5S5. The number of nitrogens with zero attached hydrogens (tertiary/aromatic N) is 1. The number of rotatable bonds is 9. The van der Waals surface area contributed by atoms with Gasteiger partial charge in [-0.15, -0.1) is 45.8 Å². The number of ether oxygens (including phenoxy) is 1. The van der Waals surface area contributed by atoms with Crippen LogP contribution in [0.2, 0.25) is 0 Å². The number of hydrogen-bond donors (Lipinski definition) is 1. The van der Waals surface area contributed by atoms with Crippen LogP contribution in [-0.4, -0.2) is 39.9 Å². The highest BCUT2D eigenvalue weighted by Gasteiger charge is 2.55. The van der Waals surface area contributed by atoms with Gasteiger partial charge in [-0.2, -0.15) is 0 Å². The largest absolute Gasteiger partial charge is 0.448 e. The lowest BCUT2D eigenvalue weighted by Crippen LogP contribution is -2.70. The van der Waals surface area contributed by atoms with Gasteiger partial charge in [-0.25, -0.2) is 4.79 Å². The zero-order valence-corrected chi connectivity index (χ0v) is 27.5. The molecule has 1 fully saturated rings. The van der Waals surface area contributed by atoms with Crippen LogP contribution in [0.15, 0.2) is 115 Å². The molecule has 2 aliphatic rings. The molecule has 7 rings (SSSR count). The highest BCUT2D eigenvalue weighted by Crippen LogP contribution is 2.47. The van der Waals surface area contributed by atoms with Crippen LogP contribution in [0.4, 0.5) is 0 Å². The van der Waals surface area contributed by atoms with Crippen LogP contribution < -0.4 is 10.7 Å². The van der Waals surface area contributed by atoms with Gasteiger partial charge >= 0.3 is 5.97 Å². The number of fused-ring (bicyclic) bond motifs is 2. The molecule has 2 amide bonds. The first kappa shape index (κ1) is 30.0. The van der Waals surface area contributed by atoms with Crippen molar-refractivity contribution < 1.29 is 19.1 Å². The van der Waals surface area contributed by atoms with E-state index in [1.165, 1.54) is 62.4 Å². The number of esters is 1. The molecule has 2 atom stereocenters. The second-order valence-electron chi connectivity index (χ2n) is 10.2. The Morgan fingerprint density at radius 1 is 0.933 bits per heavy atom. The van der Waals surface area contributed by atoms with Gasteiger partial charge in [-0.1, -0.05) is 78.5 Å². The van der Waals surface area contributed by atoms with Crippen LogP contribution in [0, 0.1) is 0 Å². The Labute approximate surface area is 278 Å². The zero-order chi connectivity index (χ0) is 30.9. The Bertz CT molecular complexity index is 1930. The maximum Gasteiger partial charge on any atom is 0.356 e. The molecule has 5 aromatic rings. The Morgan fingerprint density at radius 3 is 2.36 bits per heavy atom.